The summed E-state index contributed by atoms with van der Waals surface area (Å²) in [6.45, 7) is 0. The van der Waals surface area contributed by atoms with E-state index in [0.717, 1.165) is 0 Å². The number of methoxy groups -OCH3 is 1. The maximum Gasteiger partial charge on any atom is 0.335 e. The van der Waals surface area contributed by atoms with Crippen molar-refractivity contribution in [3.8, 4) is 22.7 Å². The minimum Gasteiger partial charge on any atom is -0.495 e. The molecule has 10 nitrogen and oxygen atoms in total. The molecule has 160 valence electrons. The van der Waals surface area contributed by atoms with E-state index >= 15 is 0 Å². The SMILES string of the molecule is COc1ccccc1-n1c(-c2ccc(C(=O)O)cc2)cn2c3c(=O)[nH]c(=O)n(C)c3nc12. The number of aromatic carboxylic acids is 1. The third-order valence-electron chi connectivity index (χ3n) is 5.38. The number of nitrogens with one attached hydrogen (secondary N) is 1. The average Bonchev–Trinajstić information content (AvgIpc) is 3.34. The minimum absolute atomic E-state index is 0.158. The molecular formula is C22H17N5O5. The summed E-state index contributed by atoms with van der Waals surface area (Å²) < 4.78 is 10.2. The first kappa shape index (κ1) is 19.4. The van der Waals surface area contributed by atoms with Gasteiger partial charge in [-0.2, -0.15) is 4.98 Å². The van der Waals surface area contributed by atoms with Gasteiger partial charge in [0.2, 0.25) is 5.78 Å². The van der Waals surface area contributed by atoms with Crippen LogP contribution in [0.4, 0.5) is 0 Å². The van der Waals surface area contributed by atoms with E-state index in [1.165, 1.54) is 23.7 Å². The molecule has 5 rings (SSSR count). The fourth-order valence-electron chi connectivity index (χ4n) is 3.80. The lowest BCUT2D eigenvalue weighted by Gasteiger charge is -2.13. The average molecular weight is 431 g/mol. The number of carbonyl (C=O) groups is 1. The lowest BCUT2D eigenvalue weighted by atomic mass is 10.1. The number of carboxylic acid groups (broad SMARTS) is 1. The van der Waals surface area contributed by atoms with Crippen LogP contribution in [0.15, 0.2) is 64.3 Å². The van der Waals surface area contributed by atoms with Crippen LogP contribution in [0, 0.1) is 0 Å². The Bertz CT molecular complexity index is 1640. The zero-order valence-corrected chi connectivity index (χ0v) is 17.1. The predicted molar refractivity (Wildman–Crippen MR) is 117 cm³/mol. The van der Waals surface area contributed by atoms with Crippen LogP contribution in [0.2, 0.25) is 0 Å². The van der Waals surface area contributed by atoms with Crippen molar-refractivity contribution < 1.29 is 14.6 Å². The van der Waals surface area contributed by atoms with Gasteiger partial charge in [-0.3, -0.25) is 23.3 Å². The topological polar surface area (TPSA) is 124 Å². The molecule has 0 saturated heterocycles. The van der Waals surface area contributed by atoms with E-state index in [2.05, 4.69) is 9.97 Å². The lowest BCUT2D eigenvalue weighted by molar-refractivity contribution is 0.0697. The molecule has 0 aliphatic rings. The number of ether oxygens (including phenoxy) is 1. The summed E-state index contributed by atoms with van der Waals surface area (Å²) >= 11 is 0. The Hall–Kier alpha value is -4.60. The second-order valence-corrected chi connectivity index (χ2v) is 7.18. The van der Waals surface area contributed by atoms with Gasteiger partial charge in [-0.15, -0.1) is 0 Å². The molecule has 0 atom stereocenters. The molecule has 5 aromatic rings. The van der Waals surface area contributed by atoms with Gasteiger partial charge < -0.3 is 9.84 Å². The van der Waals surface area contributed by atoms with Gasteiger partial charge in [0.1, 0.15) is 5.75 Å². The molecule has 2 aromatic carbocycles. The molecule has 10 heteroatoms. The highest BCUT2D eigenvalue weighted by atomic mass is 16.5. The van der Waals surface area contributed by atoms with E-state index in [4.69, 9.17) is 4.74 Å². The van der Waals surface area contributed by atoms with Crippen molar-refractivity contribution in [3.63, 3.8) is 0 Å². The first-order chi connectivity index (χ1) is 15.4. The van der Waals surface area contributed by atoms with Crippen LogP contribution in [0.5, 0.6) is 5.75 Å². The van der Waals surface area contributed by atoms with Crippen LogP contribution in [-0.4, -0.2) is 41.7 Å². The summed E-state index contributed by atoms with van der Waals surface area (Å²) in [5.41, 5.74) is 1.54. The number of H-pyrrole nitrogens is 1. The Morgan fingerprint density at radius 1 is 1.09 bits per heavy atom. The monoisotopic (exact) mass is 431 g/mol. The van der Waals surface area contributed by atoms with Gasteiger partial charge in [-0.1, -0.05) is 24.3 Å². The summed E-state index contributed by atoms with van der Waals surface area (Å²) in [4.78, 5) is 42.9. The van der Waals surface area contributed by atoms with Gasteiger partial charge in [-0.25, -0.2) is 9.59 Å². The molecular weight excluding hydrogens is 414 g/mol. The van der Waals surface area contributed by atoms with Crippen LogP contribution >= 0.6 is 0 Å². The zero-order chi connectivity index (χ0) is 22.6. The number of fused-ring (bicyclic) bond motifs is 3. The number of hydrogen-bond acceptors (Lipinski definition) is 5. The second-order valence-electron chi connectivity index (χ2n) is 7.18. The fraction of sp³-hybridized carbons (Fsp3) is 0.0909. The van der Waals surface area contributed by atoms with Crippen LogP contribution < -0.4 is 16.0 Å². The highest BCUT2D eigenvalue weighted by Crippen LogP contribution is 2.33. The number of benzene rings is 2. The van der Waals surface area contributed by atoms with E-state index in [9.17, 15) is 19.5 Å². The van der Waals surface area contributed by atoms with E-state index in [0.29, 0.717) is 28.5 Å². The number of aryl methyl sites for hydroxylation is 1. The second kappa shape index (κ2) is 6.98. The summed E-state index contributed by atoms with van der Waals surface area (Å²) in [7, 11) is 3.09. The van der Waals surface area contributed by atoms with Crippen molar-refractivity contribution in [2.75, 3.05) is 7.11 Å². The van der Waals surface area contributed by atoms with E-state index in [-0.39, 0.29) is 16.7 Å². The molecule has 0 amide bonds. The number of aromatic amines is 1. The van der Waals surface area contributed by atoms with Gasteiger partial charge in [0.25, 0.3) is 5.56 Å². The number of aromatic nitrogens is 5. The van der Waals surface area contributed by atoms with E-state index < -0.39 is 17.2 Å². The lowest BCUT2D eigenvalue weighted by Crippen LogP contribution is -2.28. The van der Waals surface area contributed by atoms with Crippen molar-refractivity contribution >= 4 is 22.9 Å². The van der Waals surface area contributed by atoms with E-state index in [1.807, 2.05) is 18.2 Å². The highest BCUT2D eigenvalue weighted by molar-refractivity contribution is 5.88. The molecule has 0 radical (unpaired) electrons. The number of para-hydroxylation sites is 2. The maximum absolute atomic E-state index is 12.6. The molecule has 0 aliphatic heterocycles. The molecule has 0 fully saturated rings. The number of carboxylic acids is 1. The fourth-order valence-corrected chi connectivity index (χ4v) is 3.80. The van der Waals surface area contributed by atoms with Crippen LogP contribution in [0.3, 0.4) is 0 Å². The first-order valence-electron chi connectivity index (χ1n) is 9.60. The molecule has 0 aliphatic carbocycles. The van der Waals surface area contributed by atoms with Crippen molar-refractivity contribution in [1.29, 1.82) is 0 Å². The Morgan fingerprint density at radius 2 is 1.81 bits per heavy atom. The summed E-state index contributed by atoms with van der Waals surface area (Å²) in [5.74, 6) is -0.0534. The summed E-state index contributed by atoms with van der Waals surface area (Å²) in [6, 6.07) is 13.7. The molecule has 2 N–H and O–H groups in total. The number of imidazole rings is 2. The first-order valence-corrected chi connectivity index (χ1v) is 9.60. The van der Waals surface area contributed by atoms with E-state index in [1.54, 1.807) is 40.5 Å². The molecule has 0 unspecified atom stereocenters. The zero-order valence-electron chi connectivity index (χ0n) is 17.1. The third-order valence-corrected chi connectivity index (χ3v) is 5.38. The molecule has 32 heavy (non-hydrogen) atoms. The van der Waals surface area contributed by atoms with Gasteiger partial charge >= 0.3 is 11.7 Å². The Morgan fingerprint density at radius 3 is 2.50 bits per heavy atom. The van der Waals surface area contributed by atoms with Crippen LogP contribution in [0.1, 0.15) is 10.4 Å². The molecule has 3 heterocycles. The summed E-state index contributed by atoms with van der Waals surface area (Å²) in [6.07, 6.45) is 1.73. The van der Waals surface area contributed by atoms with Gasteiger partial charge in [0.15, 0.2) is 11.2 Å². The van der Waals surface area contributed by atoms with Crippen LogP contribution in [-0.2, 0) is 7.05 Å². The Kier molecular flexibility index (Phi) is 4.22. The molecule has 0 bridgehead atoms. The Labute approximate surface area is 179 Å². The highest BCUT2D eigenvalue weighted by Gasteiger charge is 2.22. The summed E-state index contributed by atoms with van der Waals surface area (Å²) in [5, 5.41) is 9.22. The third kappa shape index (κ3) is 2.73. The Balaban J connectivity index is 1.91. The maximum atomic E-state index is 12.6. The molecule has 0 spiro atoms. The van der Waals surface area contributed by atoms with Crippen molar-refractivity contribution in [2.45, 2.75) is 0 Å². The minimum atomic E-state index is -1.02. The largest absolute Gasteiger partial charge is 0.495 e. The number of nitrogens with zero attached hydrogens (tertiary/aromatic N) is 4. The smallest absolute Gasteiger partial charge is 0.335 e. The molecule has 3 aromatic heterocycles. The van der Waals surface area contributed by atoms with Crippen LogP contribution in [0.25, 0.3) is 33.9 Å². The van der Waals surface area contributed by atoms with Crippen molar-refractivity contribution in [2.24, 2.45) is 7.05 Å². The quantitative estimate of drug-likeness (QED) is 0.449. The molecule has 0 saturated carbocycles. The van der Waals surface area contributed by atoms with Gasteiger partial charge in [-0.05, 0) is 24.3 Å². The van der Waals surface area contributed by atoms with Crippen molar-refractivity contribution in [1.82, 2.24) is 23.5 Å². The predicted octanol–water partition coefficient (Wildman–Crippen LogP) is 2.04. The van der Waals surface area contributed by atoms with Gasteiger partial charge in [0.05, 0.1) is 24.1 Å². The standard InChI is InChI=1S/C22H17N5O5/c1-25-18-17(19(28)24-22(25)31)26-11-15(12-7-9-13(10-8-12)20(29)30)27(21(26)23-18)14-5-3-4-6-16(14)32-2/h3-11H,1-2H3,(H,29,30)(H,24,28,31). The van der Waals surface area contributed by atoms with Crippen molar-refractivity contribution in [3.05, 3.63) is 81.1 Å². The normalized spacial score (nSPS) is 11.3. The number of hydrogen-bond donors (Lipinski definition) is 2. The van der Waals surface area contributed by atoms with Gasteiger partial charge in [0, 0.05) is 18.8 Å². The number of rotatable bonds is 4.